The van der Waals surface area contributed by atoms with E-state index in [4.69, 9.17) is 9.84 Å². The number of carboxylic acids is 1. The van der Waals surface area contributed by atoms with Crippen LogP contribution in [0, 0.1) is 5.92 Å². The molecule has 0 fully saturated rings. The van der Waals surface area contributed by atoms with Gasteiger partial charge in [-0.1, -0.05) is 55.5 Å². The second-order valence-electron chi connectivity index (χ2n) is 8.64. The standard InChI is InChI=1S/C26H32N2O5/c1-17(25(31)28-18(2)13-14-24(29)30)8-7-15-27-26(32)33-16-23-21-11-5-3-9-19(21)20-10-4-6-12-22(20)23/h3-6,9-12,17-18,23H,7-8,13-16H2,1-2H3,(H,27,32)(H,28,31)(H,29,30). The minimum absolute atomic E-state index is 0.0231. The van der Waals surface area contributed by atoms with E-state index in [1.165, 1.54) is 22.3 Å². The molecule has 0 aliphatic heterocycles. The molecular formula is C26H32N2O5. The number of fused-ring (bicyclic) bond motifs is 3. The van der Waals surface area contributed by atoms with Crippen LogP contribution in [0.4, 0.5) is 4.79 Å². The molecule has 0 heterocycles. The van der Waals surface area contributed by atoms with E-state index in [9.17, 15) is 14.4 Å². The zero-order valence-corrected chi connectivity index (χ0v) is 19.2. The lowest BCUT2D eigenvalue weighted by molar-refractivity contribution is -0.137. The molecule has 0 aromatic heterocycles. The first-order chi connectivity index (χ1) is 15.9. The molecule has 2 atom stereocenters. The maximum atomic E-state index is 12.2. The molecule has 33 heavy (non-hydrogen) atoms. The van der Waals surface area contributed by atoms with E-state index in [1.54, 1.807) is 6.92 Å². The summed E-state index contributed by atoms with van der Waals surface area (Å²) in [5.74, 6) is -1.17. The predicted molar refractivity (Wildman–Crippen MR) is 126 cm³/mol. The van der Waals surface area contributed by atoms with Crippen molar-refractivity contribution in [3.05, 3.63) is 59.7 Å². The summed E-state index contributed by atoms with van der Waals surface area (Å²) in [6.45, 7) is 4.31. The molecule has 0 saturated heterocycles. The van der Waals surface area contributed by atoms with E-state index in [1.807, 2.05) is 31.2 Å². The lowest BCUT2D eigenvalue weighted by atomic mass is 9.98. The molecule has 3 N–H and O–H groups in total. The first-order valence-electron chi connectivity index (χ1n) is 11.5. The Balaban J connectivity index is 1.38. The number of amides is 2. The second-order valence-corrected chi connectivity index (χ2v) is 8.64. The molecule has 0 radical (unpaired) electrons. The lowest BCUT2D eigenvalue weighted by Gasteiger charge is -2.17. The first-order valence-corrected chi connectivity index (χ1v) is 11.5. The minimum atomic E-state index is -0.872. The van der Waals surface area contributed by atoms with Crippen LogP contribution in [-0.2, 0) is 14.3 Å². The summed E-state index contributed by atoms with van der Waals surface area (Å²) in [5.41, 5.74) is 4.71. The zero-order chi connectivity index (χ0) is 23.8. The summed E-state index contributed by atoms with van der Waals surface area (Å²) in [6.07, 6.45) is 1.22. The molecule has 176 valence electrons. The average molecular weight is 453 g/mol. The fourth-order valence-corrected chi connectivity index (χ4v) is 4.18. The van der Waals surface area contributed by atoms with Crippen molar-refractivity contribution < 1.29 is 24.2 Å². The van der Waals surface area contributed by atoms with Crippen molar-refractivity contribution in [3.63, 3.8) is 0 Å². The van der Waals surface area contributed by atoms with Crippen molar-refractivity contribution in [3.8, 4) is 11.1 Å². The third kappa shape index (κ3) is 6.57. The number of hydrogen-bond acceptors (Lipinski definition) is 4. The number of carboxylic acid groups (broad SMARTS) is 1. The number of alkyl carbamates (subject to hydrolysis) is 1. The average Bonchev–Trinajstić information content (AvgIpc) is 3.12. The van der Waals surface area contributed by atoms with Gasteiger partial charge >= 0.3 is 12.1 Å². The third-order valence-electron chi connectivity index (χ3n) is 6.05. The quantitative estimate of drug-likeness (QED) is 0.441. The van der Waals surface area contributed by atoms with Gasteiger partial charge in [-0.3, -0.25) is 9.59 Å². The molecule has 0 spiro atoms. The van der Waals surface area contributed by atoms with Crippen LogP contribution in [0.3, 0.4) is 0 Å². The van der Waals surface area contributed by atoms with Crippen LogP contribution in [0.1, 0.15) is 56.6 Å². The van der Waals surface area contributed by atoms with Gasteiger partial charge in [0.1, 0.15) is 6.61 Å². The number of benzene rings is 2. The molecule has 2 unspecified atom stereocenters. The Morgan fingerprint density at radius 2 is 1.58 bits per heavy atom. The molecule has 7 heteroatoms. The van der Waals surface area contributed by atoms with Gasteiger partial charge in [-0.15, -0.1) is 0 Å². The fourth-order valence-electron chi connectivity index (χ4n) is 4.18. The van der Waals surface area contributed by atoms with Gasteiger partial charge in [0.25, 0.3) is 0 Å². The maximum Gasteiger partial charge on any atom is 0.407 e. The van der Waals surface area contributed by atoms with Gasteiger partial charge in [-0.2, -0.15) is 0 Å². The number of rotatable bonds is 11. The van der Waals surface area contributed by atoms with E-state index in [-0.39, 0.29) is 36.8 Å². The number of carbonyl (C=O) groups is 3. The molecule has 3 rings (SSSR count). The minimum Gasteiger partial charge on any atom is -0.481 e. The fraction of sp³-hybridized carbons (Fsp3) is 0.423. The highest BCUT2D eigenvalue weighted by atomic mass is 16.5. The monoisotopic (exact) mass is 452 g/mol. The van der Waals surface area contributed by atoms with E-state index in [2.05, 4.69) is 34.9 Å². The predicted octanol–water partition coefficient (Wildman–Crippen LogP) is 4.31. The van der Waals surface area contributed by atoms with Gasteiger partial charge in [0.2, 0.25) is 5.91 Å². The van der Waals surface area contributed by atoms with Crippen LogP contribution in [0.15, 0.2) is 48.5 Å². The molecule has 0 saturated carbocycles. The largest absolute Gasteiger partial charge is 0.481 e. The van der Waals surface area contributed by atoms with Crippen molar-refractivity contribution in [2.45, 2.75) is 51.5 Å². The molecule has 2 amide bonds. The smallest absolute Gasteiger partial charge is 0.407 e. The van der Waals surface area contributed by atoms with Crippen molar-refractivity contribution in [2.75, 3.05) is 13.2 Å². The summed E-state index contributed by atoms with van der Waals surface area (Å²) >= 11 is 0. The highest BCUT2D eigenvalue weighted by Gasteiger charge is 2.29. The summed E-state index contributed by atoms with van der Waals surface area (Å²) in [5, 5.41) is 14.3. The summed E-state index contributed by atoms with van der Waals surface area (Å²) in [6, 6.07) is 16.2. The van der Waals surface area contributed by atoms with Gasteiger partial charge in [0, 0.05) is 30.8 Å². The van der Waals surface area contributed by atoms with E-state index in [0.717, 1.165) is 0 Å². The molecule has 1 aliphatic carbocycles. The maximum absolute atomic E-state index is 12.2. The summed E-state index contributed by atoms with van der Waals surface area (Å²) in [7, 11) is 0. The van der Waals surface area contributed by atoms with Crippen molar-refractivity contribution >= 4 is 18.0 Å². The van der Waals surface area contributed by atoms with Crippen molar-refractivity contribution in [2.24, 2.45) is 5.92 Å². The molecule has 2 aromatic carbocycles. The summed E-state index contributed by atoms with van der Waals surface area (Å²) in [4.78, 5) is 35.0. The Morgan fingerprint density at radius 3 is 2.18 bits per heavy atom. The Kier molecular flexibility index (Phi) is 8.46. The number of ether oxygens (including phenoxy) is 1. The Morgan fingerprint density at radius 1 is 0.970 bits per heavy atom. The van der Waals surface area contributed by atoms with Crippen LogP contribution >= 0.6 is 0 Å². The Hall–Kier alpha value is -3.35. The van der Waals surface area contributed by atoms with Crippen LogP contribution in [-0.4, -0.2) is 42.3 Å². The van der Waals surface area contributed by atoms with Gasteiger partial charge in [0.05, 0.1) is 0 Å². The van der Waals surface area contributed by atoms with E-state index >= 15 is 0 Å². The van der Waals surface area contributed by atoms with Gasteiger partial charge in [0.15, 0.2) is 0 Å². The SMILES string of the molecule is CC(CCC(=O)O)NC(=O)C(C)CCCNC(=O)OCC1c2ccccc2-c2ccccc21. The topological polar surface area (TPSA) is 105 Å². The summed E-state index contributed by atoms with van der Waals surface area (Å²) < 4.78 is 5.52. The Labute approximate surface area is 194 Å². The molecule has 7 nitrogen and oxygen atoms in total. The first kappa shape index (κ1) is 24.3. The van der Waals surface area contributed by atoms with Crippen LogP contribution in [0.2, 0.25) is 0 Å². The van der Waals surface area contributed by atoms with Gasteiger partial charge < -0.3 is 20.5 Å². The molecular weight excluding hydrogens is 420 g/mol. The van der Waals surface area contributed by atoms with Gasteiger partial charge in [-0.25, -0.2) is 4.79 Å². The van der Waals surface area contributed by atoms with Crippen LogP contribution < -0.4 is 10.6 Å². The number of aliphatic carboxylic acids is 1. The van der Waals surface area contributed by atoms with Crippen molar-refractivity contribution in [1.82, 2.24) is 10.6 Å². The normalized spacial score (nSPS) is 14.0. The van der Waals surface area contributed by atoms with Crippen molar-refractivity contribution in [1.29, 1.82) is 0 Å². The highest BCUT2D eigenvalue weighted by Crippen LogP contribution is 2.44. The Bertz CT molecular complexity index is 945. The number of hydrogen-bond donors (Lipinski definition) is 3. The van der Waals surface area contributed by atoms with Crippen LogP contribution in [0.25, 0.3) is 11.1 Å². The lowest BCUT2D eigenvalue weighted by Crippen LogP contribution is -2.37. The highest BCUT2D eigenvalue weighted by molar-refractivity contribution is 5.79. The number of carbonyl (C=O) groups excluding carboxylic acids is 2. The number of nitrogens with one attached hydrogen (secondary N) is 2. The molecule has 2 aromatic rings. The third-order valence-corrected chi connectivity index (χ3v) is 6.05. The molecule has 0 bridgehead atoms. The van der Waals surface area contributed by atoms with Gasteiger partial charge in [-0.05, 0) is 48.4 Å². The second kappa shape index (κ2) is 11.5. The molecule has 1 aliphatic rings. The van der Waals surface area contributed by atoms with E-state index in [0.29, 0.717) is 25.8 Å². The zero-order valence-electron chi connectivity index (χ0n) is 19.2. The van der Waals surface area contributed by atoms with E-state index < -0.39 is 12.1 Å². The van der Waals surface area contributed by atoms with Crippen LogP contribution in [0.5, 0.6) is 0 Å².